The number of anilines is 1. The van der Waals surface area contributed by atoms with Crippen LogP contribution >= 0.6 is 0 Å². The van der Waals surface area contributed by atoms with E-state index in [-0.39, 0.29) is 6.54 Å². The lowest BCUT2D eigenvalue weighted by molar-refractivity contribution is 0.0535. The highest BCUT2D eigenvalue weighted by molar-refractivity contribution is 5.68. The fourth-order valence-corrected chi connectivity index (χ4v) is 1.61. The summed E-state index contributed by atoms with van der Waals surface area (Å²) in [6.45, 7) is 9.91. The highest BCUT2D eigenvalue weighted by Crippen LogP contribution is 2.19. The monoisotopic (exact) mass is 288 g/mol. The van der Waals surface area contributed by atoms with Gasteiger partial charge in [-0.15, -0.1) is 0 Å². The highest BCUT2D eigenvalue weighted by atomic mass is 16.6. The van der Waals surface area contributed by atoms with Gasteiger partial charge in [0.05, 0.1) is 6.54 Å². The van der Waals surface area contributed by atoms with Crippen molar-refractivity contribution in [1.82, 2.24) is 5.32 Å². The largest absolute Gasteiger partial charge is 0.444 e. The molecular formula is C17H24N2O2. The molecule has 0 bridgehead atoms. The number of alkyl carbamates (subject to hydrolysis) is 1. The Kier molecular flexibility index (Phi) is 5.66. The maximum absolute atomic E-state index is 11.5. The topological polar surface area (TPSA) is 64.3 Å². The van der Waals surface area contributed by atoms with Gasteiger partial charge in [0.2, 0.25) is 0 Å². The zero-order valence-corrected chi connectivity index (χ0v) is 13.4. The standard InChI is InChI=1S/C17H24N2O2/c1-12(2)13-8-9-15(18)14(11-13)7-6-10-19-16(20)21-17(3,4)5/h8-9,11-12H,10,18H2,1-5H3,(H,19,20). The molecule has 3 N–H and O–H groups in total. The zero-order valence-electron chi connectivity index (χ0n) is 13.4. The molecule has 4 nitrogen and oxygen atoms in total. The predicted molar refractivity (Wildman–Crippen MR) is 86.1 cm³/mol. The maximum Gasteiger partial charge on any atom is 0.408 e. The van der Waals surface area contributed by atoms with E-state index in [1.54, 1.807) is 0 Å². The van der Waals surface area contributed by atoms with Crippen molar-refractivity contribution >= 4 is 11.8 Å². The molecule has 21 heavy (non-hydrogen) atoms. The van der Waals surface area contributed by atoms with E-state index in [2.05, 4.69) is 31.0 Å². The number of carbonyl (C=O) groups excluding carboxylic acids is 1. The van der Waals surface area contributed by atoms with E-state index in [1.807, 2.05) is 39.0 Å². The molecule has 0 aromatic heterocycles. The summed E-state index contributed by atoms with van der Waals surface area (Å²) in [5.41, 5.74) is 8.01. The minimum atomic E-state index is -0.506. The molecular weight excluding hydrogens is 264 g/mol. The van der Waals surface area contributed by atoms with E-state index in [1.165, 1.54) is 5.56 Å². The molecule has 1 aromatic carbocycles. The van der Waals surface area contributed by atoms with Crippen LogP contribution in [0, 0.1) is 11.8 Å². The smallest absolute Gasteiger partial charge is 0.408 e. The van der Waals surface area contributed by atoms with Gasteiger partial charge in [0.1, 0.15) is 5.60 Å². The van der Waals surface area contributed by atoms with Crippen LogP contribution in [-0.4, -0.2) is 18.2 Å². The molecule has 0 fully saturated rings. The summed E-state index contributed by atoms with van der Waals surface area (Å²) in [6, 6.07) is 5.85. The predicted octanol–water partition coefficient (Wildman–Crippen LogP) is 3.27. The fraction of sp³-hybridized carbons (Fsp3) is 0.471. The van der Waals surface area contributed by atoms with Gasteiger partial charge in [-0.05, 0) is 44.4 Å². The number of nitrogens with two attached hydrogens (primary N) is 1. The van der Waals surface area contributed by atoms with Crippen LogP contribution in [0.5, 0.6) is 0 Å². The van der Waals surface area contributed by atoms with Crippen LogP contribution < -0.4 is 11.1 Å². The van der Waals surface area contributed by atoms with Crippen molar-refractivity contribution in [3.63, 3.8) is 0 Å². The Labute approximate surface area is 127 Å². The summed E-state index contributed by atoms with van der Waals surface area (Å²) >= 11 is 0. The molecule has 0 aliphatic carbocycles. The first-order valence-corrected chi connectivity index (χ1v) is 7.04. The average Bonchev–Trinajstić information content (AvgIpc) is 2.34. The molecule has 1 aromatic rings. The second kappa shape index (κ2) is 7.03. The summed E-state index contributed by atoms with van der Waals surface area (Å²) in [4.78, 5) is 11.5. The van der Waals surface area contributed by atoms with E-state index in [0.717, 1.165) is 5.56 Å². The lowest BCUT2D eigenvalue weighted by Gasteiger charge is -2.19. The van der Waals surface area contributed by atoms with Gasteiger partial charge in [-0.1, -0.05) is 31.8 Å². The van der Waals surface area contributed by atoms with Gasteiger partial charge in [0, 0.05) is 11.3 Å². The minimum absolute atomic E-state index is 0.222. The third kappa shape index (κ3) is 6.22. The van der Waals surface area contributed by atoms with E-state index in [0.29, 0.717) is 11.6 Å². The first-order valence-electron chi connectivity index (χ1n) is 7.04. The van der Waals surface area contributed by atoms with Gasteiger partial charge in [-0.25, -0.2) is 4.79 Å². The second-order valence-electron chi connectivity index (χ2n) is 6.16. The summed E-state index contributed by atoms with van der Waals surface area (Å²) < 4.78 is 5.12. The third-order valence-corrected chi connectivity index (χ3v) is 2.69. The van der Waals surface area contributed by atoms with Crippen LogP contribution in [0.1, 0.15) is 51.7 Å². The Morgan fingerprint density at radius 2 is 2.05 bits per heavy atom. The van der Waals surface area contributed by atoms with Crippen molar-refractivity contribution in [2.75, 3.05) is 12.3 Å². The van der Waals surface area contributed by atoms with Crippen molar-refractivity contribution in [1.29, 1.82) is 0 Å². The second-order valence-corrected chi connectivity index (χ2v) is 6.16. The molecule has 0 atom stereocenters. The maximum atomic E-state index is 11.5. The van der Waals surface area contributed by atoms with Gasteiger partial charge in [0.15, 0.2) is 0 Å². The Bertz CT molecular complexity index is 560. The molecule has 1 amide bonds. The normalized spacial score (nSPS) is 10.8. The van der Waals surface area contributed by atoms with E-state index < -0.39 is 11.7 Å². The SMILES string of the molecule is CC(C)c1ccc(N)c(C#CCNC(=O)OC(C)(C)C)c1. The van der Waals surface area contributed by atoms with Gasteiger partial charge in [-0.3, -0.25) is 0 Å². The molecule has 4 heteroatoms. The number of ether oxygens (including phenoxy) is 1. The molecule has 0 saturated heterocycles. The van der Waals surface area contributed by atoms with Crippen LogP contribution in [0.4, 0.5) is 10.5 Å². The molecule has 0 unspecified atom stereocenters. The van der Waals surface area contributed by atoms with Crippen molar-refractivity contribution in [3.8, 4) is 11.8 Å². The number of nitrogen functional groups attached to an aromatic ring is 1. The molecule has 0 saturated carbocycles. The highest BCUT2D eigenvalue weighted by Gasteiger charge is 2.15. The Morgan fingerprint density at radius 1 is 1.38 bits per heavy atom. The first kappa shape index (κ1) is 16.9. The van der Waals surface area contributed by atoms with Crippen LogP contribution in [0.15, 0.2) is 18.2 Å². The quantitative estimate of drug-likeness (QED) is 0.648. The van der Waals surface area contributed by atoms with Gasteiger partial charge in [-0.2, -0.15) is 0 Å². The number of benzene rings is 1. The average molecular weight is 288 g/mol. The molecule has 0 spiro atoms. The first-order chi connectivity index (χ1) is 9.69. The van der Waals surface area contributed by atoms with Crippen molar-refractivity contribution in [2.24, 2.45) is 0 Å². The van der Waals surface area contributed by atoms with Crippen LogP contribution in [0.2, 0.25) is 0 Å². The molecule has 1 rings (SSSR count). The van der Waals surface area contributed by atoms with Crippen LogP contribution in [0.3, 0.4) is 0 Å². The van der Waals surface area contributed by atoms with E-state index >= 15 is 0 Å². The van der Waals surface area contributed by atoms with Crippen molar-refractivity contribution < 1.29 is 9.53 Å². The summed E-state index contributed by atoms with van der Waals surface area (Å²) in [5, 5.41) is 2.59. The number of hydrogen-bond acceptors (Lipinski definition) is 3. The van der Waals surface area contributed by atoms with Gasteiger partial charge in [0.25, 0.3) is 0 Å². The van der Waals surface area contributed by atoms with Crippen LogP contribution in [0.25, 0.3) is 0 Å². The molecule has 0 radical (unpaired) electrons. The third-order valence-electron chi connectivity index (χ3n) is 2.69. The van der Waals surface area contributed by atoms with Crippen LogP contribution in [-0.2, 0) is 4.74 Å². The minimum Gasteiger partial charge on any atom is -0.444 e. The summed E-state index contributed by atoms with van der Waals surface area (Å²) in [7, 11) is 0. The summed E-state index contributed by atoms with van der Waals surface area (Å²) in [5.74, 6) is 6.29. The zero-order chi connectivity index (χ0) is 16.0. The Morgan fingerprint density at radius 3 is 2.62 bits per heavy atom. The summed E-state index contributed by atoms with van der Waals surface area (Å²) in [6.07, 6.45) is -0.472. The van der Waals surface area contributed by atoms with Gasteiger partial charge >= 0.3 is 6.09 Å². The number of nitrogens with one attached hydrogen (secondary N) is 1. The lowest BCUT2D eigenvalue weighted by atomic mass is 10.00. The Hall–Kier alpha value is -2.15. The Balaban J connectivity index is 2.63. The van der Waals surface area contributed by atoms with Crippen molar-refractivity contribution in [3.05, 3.63) is 29.3 Å². The molecule has 114 valence electrons. The van der Waals surface area contributed by atoms with E-state index in [9.17, 15) is 4.79 Å². The van der Waals surface area contributed by atoms with E-state index in [4.69, 9.17) is 10.5 Å². The fourth-order valence-electron chi connectivity index (χ4n) is 1.61. The number of rotatable bonds is 2. The molecule has 0 aliphatic rings. The number of hydrogen-bond donors (Lipinski definition) is 2. The molecule has 0 aliphatic heterocycles. The van der Waals surface area contributed by atoms with Crippen molar-refractivity contribution in [2.45, 2.75) is 46.1 Å². The van der Waals surface area contributed by atoms with Gasteiger partial charge < -0.3 is 15.8 Å². The number of amides is 1. The lowest BCUT2D eigenvalue weighted by Crippen LogP contribution is -2.32. The number of carbonyl (C=O) groups is 1. The molecule has 0 heterocycles.